The second-order valence-electron chi connectivity index (χ2n) is 13.0. The van der Waals surface area contributed by atoms with Gasteiger partial charge in [0.15, 0.2) is 5.82 Å². The fourth-order valence-corrected chi connectivity index (χ4v) is 7.90. The van der Waals surface area contributed by atoms with E-state index in [1.54, 1.807) is 16.8 Å². The molecule has 0 unspecified atom stereocenters. The molecule has 1 amide bonds. The molecule has 0 atom stereocenters. The molecule has 10 nitrogen and oxygen atoms in total. The van der Waals surface area contributed by atoms with Crippen LogP contribution in [0.25, 0.3) is 22.5 Å². The first-order valence-corrected chi connectivity index (χ1v) is 18.9. The summed E-state index contributed by atoms with van der Waals surface area (Å²) in [6, 6.07) is 53.3. The van der Waals surface area contributed by atoms with E-state index in [0.717, 1.165) is 44.0 Å². The molecule has 2 heterocycles. The molecule has 8 aromatic rings. The number of hydrogen-bond donors (Lipinski definition) is 1. The molecule has 0 aliphatic heterocycles. The van der Waals surface area contributed by atoms with E-state index in [4.69, 9.17) is 10.3 Å². The van der Waals surface area contributed by atoms with Crippen molar-refractivity contribution in [3.8, 4) is 22.5 Å². The maximum absolute atomic E-state index is 13.2. The zero-order valence-corrected chi connectivity index (χ0v) is 31.1. The highest BCUT2D eigenvalue weighted by Crippen LogP contribution is 2.43. The van der Waals surface area contributed by atoms with Crippen LogP contribution in [0.1, 0.15) is 54.9 Å². The van der Waals surface area contributed by atoms with Gasteiger partial charge in [-0.25, -0.2) is 14.2 Å². The van der Waals surface area contributed by atoms with Gasteiger partial charge in [0, 0.05) is 5.56 Å². The summed E-state index contributed by atoms with van der Waals surface area (Å²) in [5.41, 5.74) is 5.79. The van der Waals surface area contributed by atoms with Crippen LogP contribution in [-0.2, 0) is 18.5 Å². The first-order valence-electron chi connectivity index (χ1n) is 18.1. The molecule has 6 aromatic carbocycles. The Balaban J connectivity index is 1.18. The molecule has 56 heavy (non-hydrogen) atoms. The number of carboxylic acids is 1. The summed E-state index contributed by atoms with van der Waals surface area (Å²) in [6.45, 7) is 2.35. The van der Waals surface area contributed by atoms with Crippen LogP contribution in [0.2, 0.25) is 0 Å². The highest BCUT2D eigenvalue weighted by molar-refractivity contribution is 7.08. The average Bonchev–Trinajstić information content (AvgIpc) is 3.90. The molecule has 1 N–H and O–H groups in total. The van der Waals surface area contributed by atoms with Crippen molar-refractivity contribution >= 4 is 23.2 Å². The molecule has 0 saturated carbocycles. The molecule has 0 bridgehead atoms. The quantitative estimate of drug-likeness (QED) is 0.132. The van der Waals surface area contributed by atoms with E-state index in [1.165, 1.54) is 23.5 Å². The standard InChI is InChI=1S/C45H35N7O3S/c1-2-40-48-51(44(56-40)46-42(53)38-24-14-15-25-39(38)43(54)55)30-31-26-28-32(29-27-31)36-22-12-13-23-37(36)41-47-49-50-52(41)45(33-16-6-3-7-17-33,34-18-8-4-9-19-34)35-20-10-5-11-21-35/h3-29H,2,30H2,1H3,(H,54,55). The summed E-state index contributed by atoms with van der Waals surface area (Å²) in [6.07, 6.45) is 0.662. The van der Waals surface area contributed by atoms with Gasteiger partial charge in [-0.3, -0.25) is 4.79 Å². The van der Waals surface area contributed by atoms with Gasteiger partial charge in [-0.2, -0.15) is 10.1 Å². The number of carboxylic acid groups (broad SMARTS) is 1. The molecule has 11 heteroatoms. The maximum atomic E-state index is 13.2. The van der Waals surface area contributed by atoms with Crippen molar-refractivity contribution in [3.63, 3.8) is 0 Å². The smallest absolute Gasteiger partial charge is 0.336 e. The molecule has 0 radical (unpaired) electrons. The fourth-order valence-electron chi connectivity index (χ4n) is 7.06. The number of tetrazole rings is 1. The van der Waals surface area contributed by atoms with E-state index in [1.807, 2.05) is 96.5 Å². The number of aromatic carboxylic acids is 1. The lowest BCUT2D eigenvalue weighted by Crippen LogP contribution is -2.39. The van der Waals surface area contributed by atoms with E-state index >= 15 is 0 Å². The number of carbonyl (C=O) groups is 2. The molecule has 0 fully saturated rings. The molecular weight excluding hydrogens is 719 g/mol. The number of aryl methyl sites for hydroxylation is 1. The highest BCUT2D eigenvalue weighted by atomic mass is 32.1. The third-order valence-electron chi connectivity index (χ3n) is 9.68. The van der Waals surface area contributed by atoms with Crippen molar-refractivity contribution in [1.29, 1.82) is 0 Å². The van der Waals surface area contributed by atoms with Crippen LogP contribution in [0, 0.1) is 0 Å². The van der Waals surface area contributed by atoms with Crippen LogP contribution in [0.15, 0.2) is 169 Å². The minimum Gasteiger partial charge on any atom is -0.478 e. The van der Waals surface area contributed by atoms with E-state index in [-0.39, 0.29) is 11.1 Å². The van der Waals surface area contributed by atoms with Crippen molar-refractivity contribution in [1.82, 2.24) is 30.0 Å². The third-order valence-corrected chi connectivity index (χ3v) is 10.8. The van der Waals surface area contributed by atoms with Crippen LogP contribution in [0.5, 0.6) is 0 Å². The van der Waals surface area contributed by atoms with Crippen LogP contribution in [-0.4, -0.2) is 47.0 Å². The van der Waals surface area contributed by atoms with Crippen LogP contribution < -0.4 is 4.80 Å². The lowest BCUT2D eigenvalue weighted by atomic mass is 9.77. The Morgan fingerprint density at radius 1 is 0.679 bits per heavy atom. The molecule has 0 aliphatic carbocycles. The largest absolute Gasteiger partial charge is 0.478 e. The van der Waals surface area contributed by atoms with Crippen LogP contribution >= 0.6 is 11.3 Å². The van der Waals surface area contributed by atoms with Crippen molar-refractivity contribution in [2.24, 2.45) is 4.99 Å². The Morgan fingerprint density at radius 2 is 1.21 bits per heavy atom. The zero-order valence-electron chi connectivity index (χ0n) is 30.3. The van der Waals surface area contributed by atoms with Crippen LogP contribution in [0.3, 0.4) is 0 Å². The summed E-state index contributed by atoms with van der Waals surface area (Å²) in [5.74, 6) is -1.21. The molecule has 2 aromatic heterocycles. The van der Waals surface area contributed by atoms with Gasteiger partial charge in [0.1, 0.15) is 10.5 Å². The Kier molecular flexibility index (Phi) is 10.1. The average molecular weight is 754 g/mol. The van der Waals surface area contributed by atoms with Crippen molar-refractivity contribution in [2.75, 3.05) is 0 Å². The van der Waals surface area contributed by atoms with Crippen LogP contribution in [0.4, 0.5) is 0 Å². The van der Waals surface area contributed by atoms with E-state index in [0.29, 0.717) is 23.6 Å². The second-order valence-corrected chi connectivity index (χ2v) is 14.1. The number of benzene rings is 6. The predicted molar refractivity (Wildman–Crippen MR) is 215 cm³/mol. The van der Waals surface area contributed by atoms with Gasteiger partial charge in [0.25, 0.3) is 5.91 Å². The number of rotatable bonds is 11. The lowest BCUT2D eigenvalue weighted by molar-refractivity contribution is 0.0692. The zero-order chi connectivity index (χ0) is 38.5. The number of amides is 1. The molecular formula is C45H35N7O3S. The van der Waals surface area contributed by atoms with Crippen molar-refractivity contribution in [3.05, 3.63) is 207 Å². The summed E-state index contributed by atoms with van der Waals surface area (Å²) >= 11 is 1.31. The number of hydrogen-bond acceptors (Lipinski definition) is 7. The molecule has 274 valence electrons. The molecule has 0 aliphatic rings. The van der Waals surface area contributed by atoms with Crippen molar-refractivity contribution < 1.29 is 14.7 Å². The van der Waals surface area contributed by atoms with Crippen molar-refractivity contribution in [2.45, 2.75) is 25.4 Å². The maximum Gasteiger partial charge on any atom is 0.336 e. The first-order chi connectivity index (χ1) is 27.5. The summed E-state index contributed by atoms with van der Waals surface area (Å²) in [4.78, 5) is 29.7. The Hall–Kier alpha value is -7.11. The minimum absolute atomic E-state index is 0.0283. The molecule has 0 spiro atoms. The first kappa shape index (κ1) is 35.9. The highest BCUT2D eigenvalue weighted by Gasteiger charge is 2.42. The van der Waals surface area contributed by atoms with Gasteiger partial charge in [0.05, 0.1) is 17.7 Å². The Labute approximate surface area is 326 Å². The summed E-state index contributed by atoms with van der Waals surface area (Å²) in [7, 11) is 0. The summed E-state index contributed by atoms with van der Waals surface area (Å²) in [5, 5.41) is 28.9. The lowest BCUT2D eigenvalue weighted by Gasteiger charge is -2.36. The predicted octanol–water partition coefficient (Wildman–Crippen LogP) is 8.16. The summed E-state index contributed by atoms with van der Waals surface area (Å²) < 4.78 is 3.63. The van der Waals surface area contributed by atoms with E-state index in [2.05, 4.69) is 69.9 Å². The Morgan fingerprint density at radius 3 is 1.79 bits per heavy atom. The number of nitrogens with zero attached hydrogens (tertiary/aromatic N) is 7. The minimum atomic E-state index is -1.18. The van der Waals surface area contributed by atoms with Gasteiger partial charge >= 0.3 is 5.97 Å². The molecule has 0 saturated heterocycles. The topological polar surface area (TPSA) is 128 Å². The van der Waals surface area contributed by atoms with E-state index < -0.39 is 17.4 Å². The monoisotopic (exact) mass is 753 g/mol. The van der Waals surface area contributed by atoms with Gasteiger partial charge in [0.2, 0.25) is 4.80 Å². The van der Waals surface area contributed by atoms with Gasteiger partial charge in [-0.05, 0) is 62.4 Å². The van der Waals surface area contributed by atoms with Gasteiger partial charge < -0.3 is 5.11 Å². The number of carbonyl (C=O) groups excluding carboxylic acids is 1. The fraction of sp³-hybridized carbons (Fsp3) is 0.0889. The Bertz CT molecular complexity index is 2610. The normalized spacial score (nSPS) is 11.8. The van der Waals surface area contributed by atoms with Gasteiger partial charge in [-0.1, -0.05) is 170 Å². The van der Waals surface area contributed by atoms with E-state index in [9.17, 15) is 14.7 Å². The SMILES string of the molecule is CCc1nn(Cc2ccc(-c3ccccc3-c3nnnn3C(c3ccccc3)(c3ccccc3)c3ccccc3)cc2)c(=NC(=O)c2ccccc2C(=O)O)s1. The second kappa shape index (κ2) is 15.7. The number of aromatic nitrogens is 6. The van der Waals surface area contributed by atoms with Gasteiger partial charge in [-0.15, -0.1) is 5.10 Å². The molecule has 8 rings (SSSR count). The third kappa shape index (κ3) is 6.76.